The minimum Gasteiger partial charge on any atom is -0.423 e. The van der Waals surface area contributed by atoms with Crippen LogP contribution in [0.4, 0.5) is 0 Å². The lowest BCUT2D eigenvalue weighted by atomic mass is 10.0. The van der Waals surface area contributed by atoms with Gasteiger partial charge in [0.05, 0.1) is 10.5 Å². The molecule has 3 aromatic rings. The first-order chi connectivity index (χ1) is 13.1. The van der Waals surface area contributed by atoms with Crippen molar-refractivity contribution >= 4 is 45.7 Å². The molecule has 0 spiro atoms. The Morgan fingerprint density at radius 2 is 1.74 bits per heavy atom. The fourth-order valence-electron chi connectivity index (χ4n) is 2.77. The second-order valence-electron chi connectivity index (χ2n) is 5.85. The van der Waals surface area contributed by atoms with Gasteiger partial charge in [-0.3, -0.25) is 4.79 Å². The molecule has 1 aliphatic heterocycles. The van der Waals surface area contributed by atoms with Crippen molar-refractivity contribution in [2.24, 2.45) is 10.7 Å². The van der Waals surface area contributed by atoms with E-state index >= 15 is 0 Å². The van der Waals surface area contributed by atoms with Crippen molar-refractivity contribution in [3.05, 3.63) is 82.8 Å². The molecule has 0 fully saturated rings. The average molecular weight is 374 g/mol. The van der Waals surface area contributed by atoms with Gasteiger partial charge in [0.2, 0.25) is 0 Å². The number of carbonyl (C=O) groups excluding carboxylic acids is 2. The Hall–Kier alpha value is -3.38. The third-order valence-electron chi connectivity index (χ3n) is 4.04. The fraction of sp³-hybridized carbons (Fsp3) is 0. The largest absolute Gasteiger partial charge is 0.423 e. The summed E-state index contributed by atoms with van der Waals surface area (Å²) >= 11 is 1.14. The van der Waals surface area contributed by atoms with Gasteiger partial charge in [-0.2, -0.15) is 4.99 Å². The predicted octanol–water partition coefficient (Wildman–Crippen LogP) is 3.99. The zero-order valence-electron chi connectivity index (χ0n) is 14.1. The summed E-state index contributed by atoms with van der Waals surface area (Å²) in [6, 6.07) is 20.1. The molecule has 0 unspecified atom stereocenters. The van der Waals surface area contributed by atoms with Gasteiger partial charge >= 0.3 is 5.97 Å². The van der Waals surface area contributed by atoms with E-state index in [9.17, 15) is 9.59 Å². The summed E-state index contributed by atoms with van der Waals surface area (Å²) in [4.78, 5) is 28.3. The average Bonchev–Trinajstić information content (AvgIpc) is 2.99. The molecule has 0 atom stereocenters. The molecular weight excluding hydrogens is 360 g/mol. The first-order valence-corrected chi connectivity index (χ1v) is 9.00. The van der Waals surface area contributed by atoms with Gasteiger partial charge in [-0.1, -0.05) is 48.5 Å². The highest BCUT2D eigenvalue weighted by molar-refractivity contribution is 8.18. The van der Waals surface area contributed by atoms with Gasteiger partial charge in [-0.05, 0) is 52.4 Å². The normalized spacial score (nSPS) is 15.2. The molecule has 1 aliphatic rings. The van der Waals surface area contributed by atoms with Crippen LogP contribution < -0.4 is 10.5 Å². The Labute approximate surface area is 159 Å². The minimum atomic E-state index is -0.416. The van der Waals surface area contributed by atoms with Crippen LogP contribution in [0.2, 0.25) is 0 Å². The number of ether oxygens (including phenoxy) is 1. The van der Waals surface area contributed by atoms with Crippen molar-refractivity contribution in [3.8, 4) is 5.75 Å². The lowest BCUT2D eigenvalue weighted by molar-refractivity contribution is -0.113. The molecule has 0 aliphatic carbocycles. The monoisotopic (exact) mass is 374 g/mol. The molecule has 4 rings (SSSR count). The third kappa shape index (κ3) is 3.61. The number of nitrogens with zero attached hydrogens (tertiary/aromatic N) is 1. The fourth-order valence-corrected chi connectivity index (χ4v) is 3.46. The van der Waals surface area contributed by atoms with Crippen LogP contribution in [0.5, 0.6) is 5.75 Å². The van der Waals surface area contributed by atoms with E-state index in [2.05, 4.69) is 4.99 Å². The Morgan fingerprint density at radius 3 is 2.48 bits per heavy atom. The van der Waals surface area contributed by atoms with E-state index in [0.29, 0.717) is 16.2 Å². The molecule has 5 nitrogen and oxygen atoms in total. The number of amidine groups is 1. The standard InChI is InChI=1S/C21H14N2O3S/c22-21-23-19(24)18(27-21)12-13-8-10-15(11-9-13)26-20(25)17-7-3-5-14-4-1-2-6-16(14)17/h1-12H,(H2,22,23,24)/b18-12+. The van der Waals surface area contributed by atoms with E-state index in [1.165, 1.54) is 0 Å². The number of rotatable bonds is 3. The van der Waals surface area contributed by atoms with Gasteiger partial charge in [-0.25, -0.2) is 4.79 Å². The van der Waals surface area contributed by atoms with Crippen molar-refractivity contribution in [2.75, 3.05) is 0 Å². The first-order valence-electron chi connectivity index (χ1n) is 8.18. The smallest absolute Gasteiger partial charge is 0.344 e. The van der Waals surface area contributed by atoms with Crippen LogP contribution in [0.3, 0.4) is 0 Å². The molecule has 0 bridgehead atoms. The third-order valence-corrected chi connectivity index (χ3v) is 4.85. The number of thioether (sulfide) groups is 1. The molecule has 1 amide bonds. The van der Waals surface area contributed by atoms with E-state index in [1.807, 2.05) is 36.4 Å². The van der Waals surface area contributed by atoms with Crippen molar-refractivity contribution in [1.82, 2.24) is 0 Å². The van der Waals surface area contributed by atoms with Crippen LogP contribution in [-0.4, -0.2) is 17.0 Å². The lowest BCUT2D eigenvalue weighted by Crippen LogP contribution is -2.09. The Morgan fingerprint density at radius 1 is 1.00 bits per heavy atom. The summed E-state index contributed by atoms with van der Waals surface area (Å²) in [5.41, 5.74) is 6.84. The Kier molecular flexibility index (Phi) is 4.48. The number of hydrogen-bond donors (Lipinski definition) is 1. The first kappa shape index (κ1) is 17.1. The topological polar surface area (TPSA) is 81.8 Å². The van der Waals surface area contributed by atoms with Crippen LogP contribution in [0.15, 0.2) is 76.6 Å². The van der Waals surface area contributed by atoms with Gasteiger partial charge in [0.1, 0.15) is 5.75 Å². The van der Waals surface area contributed by atoms with Gasteiger partial charge in [-0.15, -0.1) is 0 Å². The number of hydrogen-bond acceptors (Lipinski definition) is 5. The number of nitrogens with two attached hydrogens (primary N) is 1. The number of aliphatic imine (C=N–C) groups is 1. The maximum atomic E-state index is 12.6. The Bertz CT molecular complexity index is 1110. The number of carbonyl (C=O) groups is 2. The van der Waals surface area contributed by atoms with E-state index in [0.717, 1.165) is 28.1 Å². The van der Waals surface area contributed by atoms with Crippen molar-refractivity contribution in [3.63, 3.8) is 0 Å². The lowest BCUT2D eigenvalue weighted by Gasteiger charge is -2.07. The number of benzene rings is 3. The van der Waals surface area contributed by atoms with Crippen molar-refractivity contribution < 1.29 is 14.3 Å². The van der Waals surface area contributed by atoms with Gasteiger partial charge in [0.25, 0.3) is 5.91 Å². The van der Waals surface area contributed by atoms with E-state index in [4.69, 9.17) is 10.5 Å². The highest BCUT2D eigenvalue weighted by atomic mass is 32.2. The van der Waals surface area contributed by atoms with Crippen LogP contribution in [0, 0.1) is 0 Å². The minimum absolute atomic E-state index is 0.242. The number of amides is 1. The summed E-state index contributed by atoms with van der Waals surface area (Å²) in [5.74, 6) is -0.333. The molecule has 0 saturated carbocycles. The molecule has 2 N–H and O–H groups in total. The van der Waals surface area contributed by atoms with Crippen molar-refractivity contribution in [2.45, 2.75) is 0 Å². The van der Waals surface area contributed by atoms with Crippen LogP contribution in [-0.2, 0) is 4.79 Å². The summed E-state index contributed by atoms with van der Waals surface area (Å²) < 4.78 is 5.50. The second-order valence-corrected chi connectivity index (χ2v) is 6.91. The molecule has 0 radical (unpaired) electrons. The van der Waals surface area contributed by atoms with Crippen LogP contribution in [0.1, 0.15) is 15.9 Å². The van der Waals surface area contributed by atoms with Crippen molar-refractivity contribution in [1.29, 1.82) is 0 Å². The van der Waals surface area contributed by atoms with Gasteiger partial charge < -0.3 is 10.5 Å². The zero-order chi connectivity index (χ0) is 18.8. The van der Waals surface area contributed by atoms with Gasteiger partial charge in [0.15, 0.2) is 5.17 Å². The van der Waals surface area contributed by atoms with E-state index < -0.39 is 5.97 Å². The Balaban J connectivity index is 1.52. The molecule has 3 aromatic carbocycles. The molecule has 0 aromatic heterocycles. The molecule has 0 saturated heterocycles. The summed E-state index contributed by atoms with van der Waals surface area (Å²) in [7, 11) is 0. The molecule has 132 valence electrons. The highest BCUT2D eigenvalue weighted by Crippen LogP contribution is 2.27. The van der Waals surface area contributed by atoms with E-state index in [1.54, 1.807) is 36.4 Å². The molecule has 27 heavy (non-hydrogen) atoms. The summed E-state index contributed by atoms with van der Waals surface area (Å²) in [6.45, 7) is 0. The van der Waals surface area contributed by atoms with E-state index in [-0.39, 0.29) is 11.1 Å². The van der Waals surface area contributed by atoms with Gasteiger partial charge in [0, 0.05) is 0 Å². The second kappa shape index (κ2) is 7.09. The van der Waals surface area contributed by atoms with Crippen LogP contribution >= 0.6 is 11.8 Å². The maximum Gasteiger partial charge on any atom is 0.344 e. The quantitative estimate of drug-likeness (QED) is 0.426. The maximum absolute atomic E-state index is 12.6. The molecular formula is C21H14N2O3S. The number of fused-ring (bicyclic) bond motifs is 1. The summed E-state index contributed by atoms with van der Waals surface area (Å²) in [5, 5.41) is 2.07. The molecule has 6 heteroatoms. The zero-order valence-corrected chi connectivity index (χ0v) is 14.9. The van der Waals surface area contributed by atoms with Crippen LogP contribution in [0.25, 0.3) is 16.8 Å². The highest BCUT2D eigenvalue weighted by Gasteiger charge is 2.19. The summed E-state index contributed by atoms with van der Waals surface area (Å²) in [6.07, 6.45) is 1.70. The number of esters is 1. The molecule has 1 heterocycles. The SMILES string of the molecule is NC1=NC(=O)/C(=C\c2ccc(OC(=O)c3cccc4ccccc34)cc2)S1. The predicted molar refractivity (Wildman–Crippen MR) is 108 cm³/mol.